The van der Waals surface area contributed by atoms with Crippen LogP contribution in [0.5, 0.6) is 0 Å². The lowest BCUT2D eigenvalue weighted by Crippen LogP contribution is -1.95. The second-order valence-electron chi connectivity index (χ2n) is 14.1. The summed E-state index contributed by atoms with van der Waals surface area (Å²) in [6.45, 7) is 0. The molecule has 5 nitrogen and oxygen atoms in total. The van der Waals surface area contributed by atoms with Crippen molar-refractivity contribution in [1.82, 2.24) is 14.5 Å². The van der Waals surface area contributed by atoms with Crippen molar-refractivity contribution in [3.8, 4) is 39.5 Å². The Bertz CT molecular complexity index is 3480. The number of nitrogens with zero attached hydrogens (tertiary/aromatic N) is 3. The SMILES string of the molecule is c1ccc(-c2ccc(-c3nc(-c4cccc5oc6ccc(-n7c8ccccc8c8c9ccccc9ccc87)cc6c45)nc4c3oc3ccccc34)cc2)cc1. The van der Waals surface area contributed by atoms with Crippen molar-refractivity contribution >= 4 is 76.6 Å². The second-order valence-corrected chi connectivity index (χ2v) is 14.1. The van der Waals surface area contributed by atoms with E-state index in [1.165, 1.54) is 27.1 Å². The molecule has 0 atom stereocenters. The molecule has 12 aromatic rings. The summed E-state index contributed by atoms with van der Waals surface area (Å²) >= 11 is 0. The van der Waals surface area contributed by atoms with E-state index in [9.17, 15) is 0 Å². The third-order valence-corrected chi connectivity index (χ3v) is 11.0. The van der Waals surface area contributed by atoms with Gasteiger partial charge in [0, 0.05) is 43.7 Å². The molecule has 0 amide bonds. The summed E-state index contributed by atoms with van der Waals surface area (Å²) in [7, 11) is 0. The predicted molar refractivity (Wildman–Crippen MR) is 225 cm³/mol. The highest BCUT2D eigenvalue weighted by atomic mass is 16.3. The lowest BCUT2D eigenvalue weighted by atomic mass is 10.0. The van der Waals surface area contributed by atoms with Crippen LogP contribution in [-0.2, 0) is 0 Å². The first-order valence-electron chi connectivity index (χ1n) is 18.5. The summed E-state index contributed by atoms with van der Waals surface area (Å²) in [6.07, 6.45) is 0. The fraction of sp³-hybridized carbons (Fsp3) is 0. The third kappa shape index (κ3) is 4.47. The molecule has 4 aromatic heterocycles. The van der Waals surface area contributed by atoms with Crippen LogP contribution in [0.3, 0.4) is 0 Å². The minimum atomic E-state index is 0.614. The first kappa shape index (κ1) is 30.0. The quantitative estimate of drug-likeness (QED) is 0.183. The number of hydrogen-bond acceptors (Lipinski definition) is 4. The molecule has 12 rings (SSSR count). The highest BCUT2D eigenvalue weighted by molar-refractivity contribution is 6.21. The van der Waals surface area contributed by atoms with Crippen LogP contribution < -0.4 is 0 Å². The van der Waals surface area contributed by atoms with E-state index in [1.807, 2.05) is 36.4 Å². The van der Waals surface area contributed by atoms with Gasteiger partial charge in [-0.2, -0.15) is 0 Å². The van der Waals surface area contributed by atoms with Gasteiger partial charge in [-0.25, -0.2) is 9.97 Å². The van der Waals surface area contributed by atoms with Crippen molar-refractivity contribution in [2.45, 2.75) is 0 Å². The van der Waals surface area contributed by atoms with E-state index in [1.54, 1.807) is 0 Å². The first-order chi connectivity index (χ1) is 27.3. The van der Waals surface area contributed by atoms with E-state index in [0.29, 0.717) is 11.4 Å². The van der Waals surface area contributed by atoms with E-state index >= 15 is 0 Å². The molecule has 0 saturated carbocycles. The zero-order chi connectivity index (χ0) is 36.0. The van der Waals surface area contributed by atoms with Crippen LogP contribution in [0.1, 0.15) is 0 Å². The Kier molecular flexibility index (Phi) is 6.27. The van der Waals surface area contributed by atoms with Gasteiger partial charge in [-0.3, -0.25) is 0 Å². The summed E-state index contributed by atoms with van der Waals surface area (Å²) in [5, 5.41) is 7.89. The van der Waals surface area contributed by atoms with Crippen LogP contribution >= 0.6 is 0 Å². The molecule has 4 heterocycles. The van der Waals surface area contributed by atoms with E-state index < -0.39 is 0 Å². The Hall–Kier alpha value is -7.50. The lowest BCUT2D eigenvalue weighted by Gasteiger charge is -2.10. The molecule has 0 radical (unpaired) electrons. The van der Waals surface area contributed by atoms with Gasteiger partial charge < -0.3 is 13.4 Å². The molecule has 5 heteroatoms. The standard InChI is InChI=1S/C50H29N3O2/c1-2-11-30(12-3-1)31-21-23-33(24-22-31)47-49-48(37-16-7-9-19-42(37)55-49)52-50(51-47)38-17-10-20-44-46(38)39-29-34(26-28-43(39)54-44)53-40-18-8-6-15-36(40)45-35-14-5-4-13-32(35)25-27-41(45)53/h1-29H. The van der Waals surface area contributed by atoms with Crippen molar-refractivity contribution in [2.75, 3.05) is 0 Å². The highest BCUT2D eigenvalue weighted by Gasteiger charge is 2.22. The maximum Gasteiger partial charge on any atom is 0.180 e. The number of benzene rings is 8. The number of hydrogen-bond donors (Lipinski definition) is 0. The van der Waals surface area contributed by atoms with Gasteiger partial charge in [0.1, 0.15) is 28.0 Å². The van der Waals surface area contributed by atoms with E-state index in [2.05, 4.69) is 144 Å². The summed E-state index contributed by atoms with van der Waals surface area (Å²) in [5.41, 5.74) is 12.1. The molecule has 0 saturated heterocycles. The third-order valence-electron chi connectivity index (χ3n) is 11.0. The van der Waals surface area contributed by atoms with Crippen molar-refractivity contribution < 1.29 is 8.83 Å². The molecule has 0 aliphatic rings. The summed E-state index contributed by atoms with van der Waals surface area (Å²) in [6, 6.07) is 61.4. The van der Waals surface area contributed by atoms with Gasteiger partial charge in [0.15, 0.2) is 11.4 Å². The number of fused-ring (bicyclic) bond motifs is 11. The van der Waals surface area contributed by atoms with Crippen molar-refractivity contribution in [3.05, 3.63) is 176 Å². The molecule has 0 aliphatic heterocycles. The number of para-hydroxylation sites is 2. The Labute approximate surface area is 314 Å². The molecule has 0 aliphatic carbocycles. The summed E-state index contributed by atoms with van der Waals surface area (Å²) in [4.78, 5) is 10.6. The molecule has 0 unspecified atom stereocenters. The molecular weight excluding hydrogens is 675 g/mol. The van der Waals surface area contributed by atoms with Crippen LogP contribution in [0.2, 0.25) is 0 Å². The Balaban J connectivity index is 1.09. The van der Waals surface area contributed by atoms with Gasteiger partial charge >= 0.3 is 0 Å². The number of furan rings is 2. The van der Waals surface area contributed by atoms with E-state index in [0.717, 1.165) is 77.5 Å². The average molecular weight is 704 g/mol. The topological polar surface area (TPSA) is 57.0 Å². The molecule has 0 N–H and O–H groups in total. The smallest absolute Gasteiger partial charge is 0.180 e. The van der Waals surface area contributed by atoms with Crippen LogP contribution in [0.4, 0.5) is 0 Å². The van der Waals surface area contributed by atoms with Gasteiger partial charge in [0.2, 0.25) is 0 Å². The van der Waals surface area contributed by atoms with Gasteiger partial charge in [-0.05, 0) is 70.4 Å². The van der Waals surface area contributed by atoms with Gasteiger partial charge in [-0.1, -0.05) is 127 Å². The molecule has 0 fully saturated rings. The normalized spacial score (nSPS) is 12.0. The number of aromatic nitrogens is 3. The predicted octanol–water partition coefficient (Wildman–Crippen LogP) is 13.5. The maximum atomic E-state index is 6.55. The zero-order valence-corrected chi connectivity index (χ0v) is 29.4. The average Bonchev–Trinajstić information content (AvgIpc) is 3.93. The lowest BCUT2D eigenvalue weighted by molar-refractivity contribution is 0.667. The second kappa shape index (κ2) is 11.5. The van der Waals surface area contributed by atoms with E-state index in [4.69, 9.17) is 18.8 Å². The molecule has 8 aromatic carbocycles. The fourth-order valence-corrected chi connectivity index (χ4v) is 8.52. The van der Waals surface area contributed by atoms with Crippen molar-refractivity contribution in [3.63, 3.8) is 0 Å². The van der Waals surface area contributed by atoms with Crippen LogP contribution in [-0.4, -0.2) is 14.5 Å². The van der Waals surface area contributed by atoms with Gasteiger partial charge in [0.25, 0.3) is 0 Å². The summed E-state index contributed by atoms with van der Waals surface area (Å²) in [5.74, 6) is 0.614. The largest absolute Gasteiger partial charge is 0.456 e. The Morgan fingerprint density at radius 2 is 1.13 bits per heavy atom. The Morgan fingerprint density at radius 3 is 2.02 bits per heavy atom. The molecule has 256 valence electrons. The van der Waals surface area contributed by atoms with Crippen LogP contribution in [0, 0.1) is 0 Å². The van der Waals surface area contributed by atoms with Crippen LogP contribution in [0.25, 0.3) is 116 Å². The Morgan fingerprint density at radius 1 is 0.418 bits per heavy atom. The molecule has 0 spiro atoms. The molecule has 0 bridgehead atoms. The highest BCUT2D eigenvalue weighted by Crippen LogP contribution is 2.42. The maximum absolute atomic E-state index is 6.55. The van der Waals surface area contributed by atoms with Crippen molar-refractivity contribution in [1.29, 1.82) is 0 Å². The fourth-order valence-electron chi connectivity index (χ4n) is 8.52. The van der Waals surface area contributed by atoms with Gasteiger partial charge in [0.05, 0.1) is 11.0 Å². The summed E-state index contributed by atoms with van der Waals surface area (Å²) < 4.78 is 15.4. The van der Waals surface area contributed by atoms with Crippen LogP contribution in [0.15, 0.2) is 185 Å². The minimum absolute atomic E-state index is 0.614. The van der Waals surface area contributed by atoms with Gasteiger partial charge in [-0.15, -0.1) is 0 Å². The van der Waals surface area contributed by atoms with E-state index in [-0.39, 0.29) is 0 Å². The minimum Gasteiger partial charge on any atom is -0.456 e. The monoisotopic (exact) mass is 703 g/mol. The molecular formula is C50H29N3O2. The first-order valence-corrected chi connectivity index (χ1v) is 18.5. The number of rotatable bonds is 4. The zero-order valence-electron chi connectivity index (χ0n) is 29.4. The van der Waals surface area contributed by atoms with Crippen molar-refractivity contribution in [2.24, 2.45) is 0 Å². The molecule has 55 heavy (non-hydrogen) atoms.